The number of fused-ring (bicyclic) bond motifs is 1. The van der Waals surface area contributed by atoms with Crippen LogP contribution in [-0.2, 0) is 6.42 Å². The largest absolute Gasteiger partial charge is 0.289 e. The van der Waals surface area contributed by atoms with E-state index < -0.39 is 5.82 Å². The van der Waals surface area contributed by atoms with E-state index in [0.717, 1.165) is 11.3 Å². The van der Waals surface area contributed by atoms with Gasteiger partial charge in [0.25, 0.3) is 0 Å². The van der Waals surface area contributed by atoms with Crippen LogP contribution in [-0.4, -0.2) is 10.8 Å². The van der Waals surface area contributed by atoms with Crippen LogP contribution in [0.1, 0.15) is 21.6 Å². The fourth-order valence-corrected chi connectivity index (χ4v) is 2.15. The van der Waals surface area contributed by atoms with Crippen molar-refractivity contribution < 1.29 is 9.18 Å². The molecule has 18 heavy (non-hydrogen) atoms. The van der Waals surface area contributed by atoms with Gasteiger partial charge in [0.2, 0.25) is 0 Å². The van der Waals surface area contributed by atoms with Crippen LogP contribution in [0, 0.1) is 5.82 Å². The van der Waals surface area contributed by atoms with Crippen molar-refractivity contribution in [3.63, 3.8) is 0 Å². The second-order valence-electron chi connectivity index (χ2n) is 4.16. The van der Waals surface area contributed by atoms with E-state index in [-0.39, 0.29) is 5.78 Å². The van der Waals surface area contributed by atoms with Gasteiger partial charge in [0.1, 0.15) is 5.82 Å². The second kappa shape index (κ2) is 4.18. The molecule has 88 valence electrons. The average Bonchev–Trinajstić information content (AvgIpc) is 2.82. The van der Waals surface area contributed by atoms with Gasteiger partial charge in [-0.3, -0.25) is 9.78 Å². The number of nitrogens with zero attached hydrogens (tertiary/aromatic N) is 1. The monoisotopic (exact) mass is 239 g/mol. The molecule has 0 bridgehead atoms. The molecule has 3 rings (SSSR count). The summed E-state index contributed by atoms with van der Waals surface area (Å²) in [5.74, 6) is -0.549. The molecule has 1 aromatic carbocycles. The highest BCUT2D eigenvalue weighted by molar-refractivity contribution is 6.29. The molecule has 0 atom stereocenters. The summed E-state index contributed by atoms with van der Waals surface area (Å²) in [7, 11) is 0. The van der Waals surface area contributed by atoms with Gasteiger partial charge in [-0.1, -0.05) is 24.3 Å². The Morgan fingerprint density at radius 3 is 2.94 bits per heavy atom. The van der Waals surface area contributed by atoms with Crippen molar-refractivity contribution in [3.05, 3.63) is 71.3 Å². The van der Waals surface area contributed by atoms with Gasteiger partial charge >= 0.3 is 0 Å². The predicted molar refractivity (Wildman–Crippen MR) is 66.6 cm³/mol. The first-order valence-corrected chi connectivity index (χ1v) is 5.70. The topological polar surface area (TPSA) is 30.0 Å². The lowest BCUT2D eigenvalue weighted by Gasteiger charge is -2.04. The van der Waals surface area contributed by atoms with Crippen LogP contribution in [0.4, 0.5) is 4.39 Å². The third-order valence-corrected chi connectivity index (χ3v) is 3.01. The summed E-state index contributed by atoms with van der Waals surface area (Å²) in [5, 5.41) is 0. The molecule has 0 amide bonds. The Balaban J connectivity index is 2.01. The zero-order chi connectivity index (χ0) is 12.5. The highest BCUT2D eigenvalue weighted by Gasteiger charge is 2.21. The standard InChI is InChI=1S/C15H10FNO/c16-11-4-1-3-10(9-11)15(18)13-6-7-14-12(13)5-2-8-17-14/h1-6,8-9H,7H2. The van der Waals surface area contributed by atoms with Gasteiger partial charge in [0.15, 0.2) is 5.78 Å². The van der Waals surface area contributed by atoms with Gasteiger partial charge in [-0.2, -0.15) is 0 Å². The van der Waals surface area contributed by atoms with Crippen molar-refractivity contribution in [2.45, 2.75) is 6.42 Å². The molecule has 0 radical (unpaired) electrons. The van der Waals surface area contributed by atoms with E-state index >= 15 is 0 Å². The number of hydrogen-bond acceptors (Lipinski definition) is 2. The maximum Gasteiger partial charge on any atom is 0.193 e. The number of carbonyl (C=O) groups is 1. The van der Waals surface area contributed by atoms with Gasteiger partial charge in [-0.25, -0.2) is 4.39 Å². The molecule has 0 unspecified atom stereocenters. The first-order valence-electron chi connectivity index (χ1n) is 5.70. The van der Waals surface area contributed by atoms with E-state index in [1.54, 1.807) is 24.4 Å². The van der Waals surface area contributed by atoms with Crippen LogP contribution in [0.5, 0.6) is 0 Å². The van der Waals surface area contributed by atoms with E-state index in [1.807, 2.05) is 12.1 Å². The molecule has 0 saturated carbocycles. The molecular weight excluding hydrogens is 229 g/mol. The van der Waals surface area contributed by atoms with E-state index in [2.05, 4.69) is 4.98 Å². The number of pyridine rings is 1. The number of carbonyl (C=O) groups excluding carboxylic acids is 1. The zero-order valence-electron chi connectivity index (χ0n) is 9.56. The quantitative estimate of drug-likeness (QED) is 0.754. The van der Waals surface area contributed by atoms with E-state index in [4.69, 9.17) is 0 Å². The molecule has 1 aliphatic carbocycles. The Hall–Kier alpha value is -2.29. The third kappa shape index (κ3) is 1.74. The molecule has 0 fully saturated rings. The van der Waals surface area contributed by atoms with Gasteiger partial charge in [0.05, 0.1) is 5.69 Å². The number of aromatic nitrogens is 1. The second-order valence-corrected chi connectivity index (χ2v) is 4.16. The number of rotatable bonds is 2. The number of ketones is 1. The average molecular weight is 239 g/mol. The summed E-state index contributed by atoms with van der Waals surface area (Å²) in [5.41, 5.74) is 2.74. The van der Waals surface area contributed by atoms with Crippen molar-refractivity contribution in [2.75, 3.05) is 0 Å². The first-order chi connectivity index (χ1) is 8.75. The Bertz CT molecular complexity index is 661. The molecule has 0 saturated heterocycles. The van der Waals surface area contributed by atoms with E-state index in [0.29, 0.717) is 17.6 Å². The molecular formula is C15H10FNO. The summed E-state index contributed by atoms with van der Waals surface area (Å²) >= 11 is 0. The predicted octanol–water partition coefficient (Wildman–Crippen LogP) is 3.04. The number of benzene rings is 1. The highest BCUT2D eigenvalue weighted by atomic mass is 19.1. The summed E-state index contributed by atoms with van der Waals surface area (Å²) in [6.07, 6.45) is 4.22. The lowest BCUT2D eigenvalue weighted by molar-refractivity contribution is 0.105. The van der Waals surface area contributed by atoms with Gasteiger partial charge in [0, 0.05) is 29.3 Å². The van der Waals surface area contributed by atoms with Crippen LogP contribution in [0.3, 0.4) is 0 Å². The number of allylic oxidation sites excluding steroid dienone is 2. The molecule has 2 aromatic rings. The minimum atomic E-state index is -0.397. The molecule has 0 aliphatic heterocycles. The molecule has 1 aromatic heterocycles. The number of halogens is 1. The summed E-state index contributed by atoms with van der Waals surface area (Å²) in [6, 6.07) is 9.44. The molecule has 3 heteroatoms. The molecule has 1 aliphatic rings. The van der Waals surface area contributed by atoms with Crippen LogP contribution < -0.4 is 0 Å². The van der Waals surface area contributed by atoms with Gasteiger partial charge in [-0.15, -0.1) is 0 Å². The highest BCUT2D eigenvalue weighted by Crippen LogP contribution is 2.28. The lowest BCUT2D eigenvalue weighted by Crippen LogP contribution is -2.02. The smallest absolute Gasteiger partial charge is 0.193 e. The van der Waals surface area contributed by atoms with Crippen molar-refractivity contribution in [1.29, 1.82) is 0 Å². The summed E-state index contributed by atoms with van der Waals surface area (Å²) in [6.45, 7) is 0. The van der Waals surface area contributed by atoms with Crippen LogP contribution >= 0.6 is 0 Å². The van der Waals surface area contributed by atoms with Crippen molar-refractivity contribution in [2.24, 2.45) is 0 Å². The lowest BCUT2D eigenvalue weighted by atomic mass is 9.99. The van der Waals surface area contributed by atoms with E-state index in [1.165, 1.54) is 12.1 Å². The fraction of sp³-hybridized carbons (Fsp3) is 0.0667. The van der Waals surface area contributed by atoms with Gasteiger partial charge in [-0.05, 0) is 18.2 Å². The fourth-order valence-electron chi connectivity index (χ4n) is 2.15. The summed E-state index contributed by atoms with van der Waals surface area (Å²) < 4.78 is 13.1. The number of Topliss-reactive ketones (excluding diaryl/α,β-unsaturated/α-hetero) is 1. The van der Waals surface area contributed by atoms with Crippen molar-refractivity contribution in [3.8, 4) is 0 Å². The Morgan fingerprint density at radius 2 is 2.11 bits per heavy atom. The maximum absolute atomic E-state index is 13.1. The Morgan fingerprint density at radius 1 is 1.22 bits per heavy atom. The van der Waals surface area contributed by atoms with E-state index in [9.17, 15) is 9.18 Å². The minimum absolute atomic E-state index is 0.152. The molecule has 0 spiro atoms. The summed E-state index contributed by atoms with van der Waals surface area (Å²) in [4.78, 5) is 16.5. The SMILES string of the molecule is O=C(C1=CCc2ncccc21)c1cccc(F)c1. The van der Waals surface area contributed by atoms with Crippen LogP contribution in [0.25, 0.3) is 5.57 Å². The molecule has 2 nitrogen and oxygen atoms in total. The minimum Gasteiger partial charge on any atom is -0.289 e. The maximum atomic E-state index is 13.1. The first kappa shape index (κ1) is 10.8. The normalized spacial score (nSPS) is 13.1. The third-order valence-electron chi connectivity index (χ3n) is 3.01. The molecule has 0 N–H and O–H groups in total. The number of hydrogen-bond donors (Lipinski definition) is 0. The molecule has 1 heterocycles. The Kier molecular flexibility index (Phi) is 2.52. The van der Waals surface area contributed by atoms with Crippen LogP contribution in [0.2, 0.25) is 0 Å². The Labute approximate surface area is 104 Å². The van der Waals surface area contributed by atoms with Crippen LogP contribution in [0.15, 0.2) is 48.7 Å². The van der Waals surface area contributed by atoms with Gasteiger partial charge < -0.3 is 0 Å². The van der Waals surface area contributed by atoms with Crippen molar-refractivity contribution >= 4 is 11.4 Å². The zero-order valence-corrected chi connectivity index (χ0v) is 9.56. The van der Waals surface area contributed by atoms with Crippen molar-refractivity contribution in [1.82, 2.24) is 4.98 Å².